The maximum Gasteiger partial charge on any atom is 0.407 e. The summed E-state index contributed by atoms with van der Waals surface area (Å²) in [5, 5.41) is 9.75. The summed E-state index contributed by atoms with van der Waals surface area (Å²) in [4.78, 5) is 29.6. The topological polar surface area (TPSA) is 70.5 Å². The van der Waals surface area contributed by atoms with Crippen molar-refractivity contribution in [3.05, 3.63) is 64.4 Å². The van der Waals surface area contributed by atoms with Crippen LogP contribution < -0.4 is 0 Å². The Bertz CT molecular complexity index is 801. The molecule has 1 N–H and O–H groups in total. The first kappa shape index (κ1) is 18.4. The molecule has 2 heterocycles. The van der Waals surface area contributed by atoms with Crippen LogP contribution in [0.5, 0.6) is 0 Å². The van der Waals surface area contributed by atoms with Crippen molar-refractivity contribution in [1.82, 2.24) is 9.88 Å². The molecule has 26 heavy (non-hydrogen) atoms. The van der Waals surface area contributed by atoms with Crippen molar-refractivity contribution in [1.29, 1.82) is 0 Å². The van der Waals surface area contributed by atoms with Crippen LogP contribution >= 0.6 is 11.6 Å². The minimum absolute atomic E-state index is 0.0248. The summed E-state index contributed by atoms with van der Waals surface area (Å²) in [6.07, 6.45) is 3.32. The highest BCUT2D eigenvalue weighted by Gasteiger charge is 2.29. The number of carbonyl (C=O) groups excluding carboxylic acids is 1. The number of rotatable bonds is 5. The van der Waals surface area contributed by atoms with Gasteiger partial charge >= 0.3 is 6.09 Å². The lowest BCUT2D eigenvalue weighted by Crippen LogP contribution is -2.39. The fraction of sp³-hybridized carbons (Fsp3) is 0.350. The molecule has 5 nitrogen and oxygen atoms in total. The zero-order valence-electron chi connectivity index (χ0n) is 14.4. The summed E-state index contributed by atoms with van der Waals surface area (Å²) < 4.78 is 0. The lowest BCUT2D eigenvalue weighted by atomic mass is 9.88. The van der Waals surface area contributed by atoms with Crippen molar-refractivity contribution < 1.29 is 14.7 Å². The van der Waals surface area contributed by atoms with E-state index in [2.05, 4.69) is 4.98 Å². The van der Waals surface area contributed by atoms with Crippen LogP contribution in [0, 0.1) is 5.92 Å². The van der Waals surface area contributed by atoms with E-state index in [1.54, 1.807) is 6.20 Å². The largest absolute Gasteiger partial charge is 0.465 e. The Labute approximate surface area is 157 Å². The molecule has 1 aromatic carbocycles. The second-order valence-electron chi connectivity index (χ2n) is 6.55. The molecule has 0 radical (unpaired) electrons. The number of nitrogens with zero attached hydrogens (tertiary/aromatic N) is 2. The molecule has 3 rings (SSSR count). The van der Waals surface area contributed by atoms with Gasteiger partial charge in [0.2, 0.25) is 0 Å². The predicted octanol–water partition coefficient (Wildman–Crippen LogP) is 4.09. The van der Waals surface area contributed by atoms with Gasteiger partial charge in [0, 0.05) is 30.2 Å². The first-order valence-corrected chi connectivity index (χ1v) is 9.13. The molecular formula is C20H21ClN2O3. The zero-order valence-corrected chi connectivity index (χ0v) is 15.2. The predicted molar refractivity (Wildman–Crippen MR) is 99.7 cm³/mol. The lowest BCUT2D eigenvalue weighted by molar-refractivity contribution is 0.0815. The fourth-order valence-electron chi connectivity index (χ4n) is 3.36. The number of carbonyl (C=O) groups is 2. The number of aromatic nitrogens is 1. The first-order valence-electron chi connectivity index (χ1n) is 8.75. The number of benzene rings is 1. The third kappa shape index (κ3) is 4.41. The SMILES string of the molecule is O=C(c1ncccc1CCc1cccc(Cl)c1)C1CCN(C(=O)O)CC1. The van der Waals surface area contributed by atoms with Crippen molar-refractivity contribution >= 4 is 23.5 Å². The van der Waals surface area contributed by atoms with E-state index in [0.29, 0.717) is 43.1 Å². The second-order valence-corrected chi connectivity index (χ2v) is 6.99. The van der Waals surface area contributed by atoms with Crippen LogP contribution in [0.2, 0.25) is 5.02 Å². The maximum absolute atomic E-state index is 12.9. The molecule has 1 aliphatic rings. The van der Waals surface area contributed by atoms with E-state index in [9.17, 15) is 9.59 Å². The highest BCUT2D eigenvalue weighted by atomic mass is 35.5. The van der Waals surface area contributed by atoms with Crippen LogP contribution in [-0.4, -0.2) is 40.0 Å². The van der Waals surface area contributed by atoms with Gasteiger partial charge in [0.05, 0.1) is 0 Å². The molecule has 2 aromatic rings. The van der Waals surface area contributed by atoms with Crippen LogP contribution in [0.25, 0.3) is 0 Å². The molecule has 1 amide bonds. The summed E-state index contributed by atoms with van der Waals surface area (Å²) in [5.74, 6) is -0.137. The molecule has 1 saturated heterocycles. The van der Waals surface area contributed by atoms with Gasteiger partial charge in [-0.3, -0.25) is 9.78 Å². The van der Waals surface area contributed by atoms with E-state index in [4.69, 9.17) is 16.7 Å². The number of aryl methyl sites for hydroxylation is 2. The van der Waals surface area contributed by atoms with Crippen molar-refractivity contribution in [2.45, 2.75) is 25.7 Å². The van der Waals surface area contributed by atoms with E-state index >= 15 is 0 Å². The van der Waals surface area contributed by atoms with Crippen molar-refractivity contribution in [3.8, 4) is 0 Å². The normalized spacial score (nSPS) is 15.0. The van der Waals surface area contributed by atoms with Crippen molar-refractivity contribution in [3.63, 3.8) is 0 Å². The third-order valence-corrected chi connectivity index (χ3v) is 5.07. The Kier molecular flexibility index (Phi) is 5.89. The molecule has 1 aromatic heterocycles. The quantitative estimate of drug-likeness (QED) is 0.802. The van der Waals surface area contributed by atoms with Crippen LogP contribution in [0.1, 0.15) is 34.5 Å². The van der Waals surface area contributed by atoms with Gasteiger partial charge in [-0.05, 0) is 55.0 Å². The Morgan fingerprint density at radius 1 is 1.15 bits per heavy atom. The number of Topliss-reactive ketones (excluding diaryl/α,β-unsaturated/α-hetero) is 1. The number of halogens is 1. The van der Waals surface area contributed by atoms with Crippen LogP contribution in [-0.2, 0) is 12.8 Å². The van der Waals surface area contributed by atoms with Gasteiger partial charge in [-0.1, -0.05) is 29.8 Å². The summed E-state index contributed by atoms with van der Waals surface area (Å²) >= 11 is 6.03. The van der Waals surface area contributed by atoms with Gasteiger partial charge in [0.15, 0.2) is 5.78 Å². The standard InChI is InChI=1S/C20H21ClN2O3/c21-17-5-1-3-14(13-17)6-7-15-4-2-10-22-18(15)19(24)16-8-11-23(12-9-16)20(25)26/h1-5,10,13,16H,6-9,11-12H2,(H,25,26). The molecule has 0 bridgehead atoms. The average Bonchev–Trinajstić information content (AvgIpc) is 2.66. The number of pyridine rings is 1. The van der Waals surface area contributed by atoms with Crippen molar-refractivity contribution in [2.75, 3.05) is 13.1 Å². The molecular weight excluding hydrogens is 352 g/mol. The Hall–Kier alpha value is -2.40. The number of likely N-dealkylation sites (tertiary alicyclic amines) is 1. The molecule has 0 aliphatic carbocycles. The minimum Gasteiger partial charge on any atom is -0.465 e. The zero-order chi connectivity index (χ0) is 18.5. The average molecular weight is 373 g/mol. The number of ketones is 1. The van der Waals surface area contributed by atoms with Gasteiger partial charge in [-0.25, -0.2) is 4.79 Å². The second kappa shape index (κ2) is 8.32. The van der Waals surface area contributed by atoms with E-state index in [-0.39, 0.29) is 11.7 Å². The van der Waals surface area contributed by atoms with Gasteiger partial charge in [0.25, 0.3) is 0 Å². The molecule has 0 unspecified atom stereocenters. The monoisotopic (exact) mass is 372 g/mol. The van der Waals surface area contributed by atoms with E-state index in [1.165, 1.54) is 4.90 Å². The van der Waals surface area contributed by atoms with Crippen LogP contribution in [0.3, 0.4) is 0 Å². The third-order valence-electron chi connectivity index (χ3n) is 4.83. The van der Waals surface area contributed by atoms with E-state index in [1.807, 2.05) is 36.4 Å². The summed E-state index contributed by atoms with van der Waals surface area (Å²) in [7, 11) is 0. The minimum atomic E-state index is -0.920. The number of carboxylic acid groups (broad SMARTS) is 1. The molecule has 0 saturated carbocycles. The number of amides is 1. The number of piperidine rings is 1. The molecule has 0 atom stereocenters. The van der Waals surface area contributed by atoms with Gasteiger partial charge in [-0.15, -0.1) is 0 Å². The summed E-state index contributed by atoms with van der Waals surface area (Å²) in [6.45, 7) is 0.798. The Morgan fingerprint density at radius 3 is 2.62 bits per heavy atom. The molecule has 6 heteroatoms. The maximum atomic E-state index is 12.9. The first-order chi connectivity index (χ1) is 12.5. The van der Waals surface area contributed by atoms with Gasteiger partial charge in [-0.2, -0.15) is 0 Å². The molecule has 1 fully saturated rings. The van der Waals surface area contributed by atoms with Crippen LogP contribution in [0.4, 0.5) is 4.79 Å². The Morgan fingerprint density at radius 2 is 1.92 bits per heavy atom. The number of hydrogen-bond donors (Lipinski definition) is 1. The Balaban J connectivity index is 1.68. The van der Waals surface area contributed by atoms with Gasteiger partial charge < -0.3 is 10.0 Å². The highest BCUT2D eigenvalue weighted by molar-refractivity contribution is 6.30. The smallest absolute Gasteiger partial charge is 0.407 e. The molecule has 0 spiro atoms. The summed E-state index contributed by atoms with van der Waals surface area (Å²) in [6, 6.07) is 11.5. The highest BCUT2D eigenvalue weighted by Crippen LogP contribution is 2.23. The van der Waals surface area contributed by atoms with Crippen LogP contribution in [0.15, 0.2) is 42.6 Å². The number of hydrogen-bond acceptors (Lipinski definition) is 3. The van der Waals surface area contributed by atoms with Gasteiger partial charge in [0.1, 0.15) is 5.69 Å². The molecule has 136 valence electrons. The summed E-state index contributed by atoms with van der Waals surface area (Å²) in [5.41, 5.74) is 2.57. The van der Waals surface area contributed by atoms with Crippen molar-refractivity contribution in [2.24, 2.45) is 5.92 Å². The molecule has 1 aliphatic heterocycles. The fourth-order valence-corrected chi connectivity index (χ4v) is 3.57. The lowest BCUT2D eigenvalue weighted by Gasteiger charge is -2.29. The van der Waals surface area contributed by atoms with E-state index in [0.717, 1.165) is 17.5 Å². The van der Waals surface area contributed by atoms with E-state index < -0.39 is 6.09 Å².